The van der Waals surface area contributed by atoms with Crippen molar-refractivity contribution in [3.63, 3.8) is 0 Å². The highest BCUT2D eigenvalue weighted by molar-refractivity contribution is 5.95. The number of carbonyl (C=O) groups is 1. The predicted octanol–water partition coefficient (Wildman–Crippen LogP) is 1.08. The quantitative estimate of drug-likeness (QED) is 0.667. The molecule has 20 heavy (non-hydrogen) atoms. The maximum absolute atomic E-state index is 12.1. The summed E-state index contributed by atoms with van der Waals surface area (Å²) < 4.78 is 2.51. The summed E-state index contributed by atoms with van der Waals surface area (Å²) in [5, 5.41) is 4.08. The number of nitrogens with zero attached hydrogens (tertiary/aromatic N) is 4. The third kappa shape index (κ3) is 2.11. The molecule has 0 spiro atoms. The van der Waals surface area contributed by atoms with Gasteiger partial charge in [-0.15, -0.1) is 5.10 Å². The third-order valence-corrected chi connectivity index (χ3v) is 3.06. The van der Waals surface area contributed by atoms with Gasteiger partial charge in [-0.25, -0.2) is 13.9 Å². The van der Waals surface area contributed by atoms with Crippen LogP contribution in [0, 0.1) is 6.92 Å². The minimum absolute atomic E-state index is 0.0798. The lowest BCUT2D eigenvalue weighted by Gasteiger charge is -2.00. The van der Waals surface area contributed by atoms with Crippen molar-refractivity contribution in [1.82, 2.24) is 19.2 Å². The first-order valence-corrected chi connectivity index (χ1v) is 6.14. The van der Waals surface area contributed by atoms with Gasteiger partial charge in [-0.2, -0.15) is 0 Å². The second-order valence-corrected chi connectivity index (χ2v) is 4.53. The molecular formula is C14H12N4O2. The Hall–Kier alpha value is -2.76. The van der Waals surface area contributed by atoms with E-state index in [2.05, 4.69) is 10.1 Å². The standard InChI is InChI=1S/C14H12N4O2/c1-10-2-4-11(5-3-10)12(19)9-18-14(20)17-7-6-15-8-13(17)16-18/h2-8H,9H2,1H3. The smallest absolute Gasteiger partial charge is 0.292 e. The molecule has 100 valence electrons. The Morgan fingerprint density at radius 1 is 1.25 bits per heavy atom. The Bertz CT molecular complexity index is 830. The van der Waals surface area contributed by atoms with Crippen LogP contribution in [0.1, 0.15) is 15.9 Å². The Morgan fingerprint density at radius 2 is 2.00 bits per heavy atom. The average Bonchev–Trinajstić information content (AvgIpc) is 2.77. The molecule has 0 aliphatic heterocycles. The molecule has 0 radical (unpaired) electrons. The number of hydrogen-bond donors (Lipinski definition) is 0. The van der Waals surface area contributed by atoms with Crippen LogP contribution in [0.25, 0.3) is 5.65 Å². The summed E-state index contributed by atoms with van der Waals surface area (Å²) in [6.45, 7) is 1.87. The zero-order chi connectivity index (χ0) is 14.1. The van der Waals surface area contributed by atoms with Gasteiger partial charge < -0.3 is 0 Å². The number of benzene rings is 1. The zero-order valence-electron chi connectivity index (χ0n) is 10.9. The number of aryl methyl sites for hydroxylation is 1. The molecule has 2 aromatic heterocycles. The SMILES string of the molecule is Cc1ccc(C(=O)Cn2nc3cnccn3c2=O)cc1. The Labute approximate surface area is 114 Å². The first-order valence-electron chi connectivity index (χ1n) is 6.14. The van der Waals surface area contributed by atoms with Gasteiger partial charge in [0.2, 0.25) is 0 Å². The van der Waals surface area contributed by atoms with Gasteiger partial charge in [-0.1, -0.05) is 29.8 Å². The summed E-state index contributed by atoms with van der Waals surface area (Å²) in [5.41, 5.74) is 1.73. The minimum Gasteiger partial charge on any atom is -0.292 e. The molecular weight excluding hydrogens is 256 g/mol. The van der Waals surface area contributed by atoms with Crippen LogP contribution in [-0.2, 0) is 6.54 Å². The lowest BCUT2D eigenvalue weighted by Crippen LogP contribution is -2.25. The second-order valence-electron chi connectivity index (χ2n) is 4.53. The maximum Gasteiger partial charge on any atom is 0.350 e. The highest BCUT2D eigenvalue weighted by Crippen LogP contribution is 2.05. The highest BCUT2D eigenvalue weighted by Gasteiger charge is 2.12. The lowest BCUT2D eigenvalue weighted by molar-refractivity contribution is 0.0966. The molecule has 6 nitrogen and oxygen atoms in total. The third-order valence-electron chi connectivity index (χ3n) is 3.06. The first kappa shape index (κ1) is 12.3. The van der Waals surface area contributed by atoms with Crippen molar-refractivity contribution >= 4 is 11.4 Å². The van der Waals surface area contributed by atoms with Crippen LogP contribution in [0.3, 0.4) is 0 Å². The molecule has 0 amide bonds. The Kier molecular flexibility index (Phi) is 2.90. The van der Waals surface area contributed by atoms with E-state index < -0.39 is 0 Å². The fourth-order valence-electron chi connectivity index (χ4n) is 1.95. The number of hydrogen-bond acceptors (Lipinski definition) is 4. The molecule has 1 aromatic carbocycles. The van der Waals surface area contributed by atoms with E-state index in [9.17, 15) is 9.59 Å². The van der Waals surface area contributed by atoms with Gasteiger partial charge in [0.05, 0.1) is 6.20 Å². The van der Waals surface area contributed by atoms with Crippen molar-refractivity contribution in [2.24, 2.45) is 0 Å². The molecule has 6 heteroatoms. The molecule has 3 aromatic rings. The lowest BCUT2D eigenvalue weighted by atomic mass is 10.1. The number of carbonyl (C=O) groups excluding carboxylic acids is 1. The summed E-state index contributed by atoms with van der Waals surface area (Å²) in [6.07, 6.45) is 4.51. The maximum atomic E-state index is 12.1. The van der Waals surface area contributed by atoms with Gasteiger partial charge in [0.15, 0.2) is 11.4 Å². The molecule has 0 atom stereocenters. The van der Waals surface area contributed by atoms with Gasteiger partial charge in [-0.05, 0) is 6.92 Å². The number of rotatable bonds is 3. The summed E-state index contributed by atoms with van der Waals surface area (Å²) in [7, 11) is 0. The number of fused-ring (bicyclic) bond motifs is 1. The molecule has 3 rings (SSSR count). The van der Waals surface area contributed by atoms with Crippen LogP contribution in [0.4, 0.5) is 0 Å². The first-order chi connectivity index (χ1) is 9.65. The van der Waals surface area contributed by atoms with Crippen LogP contribution < -0.4 is 5.69 Å². The van der Waals surface area contributed by atoms with Crippen molar-refractivity contribution in [1.29, 1.82) is 0 Å². The fourth-order valence-corrected chi connectivity index (χ4v) is 1.95. The van der Waals surface area contributed by atoms with E-state index in [1.165, 1.54) is 23.0 Å². The number of Topliss-reactive ketones (excluding diaryl/α,β-unsaturated/α-hetero) is 1. The normalized spacial score (nSPS) is 10.8. The van der Waals surface area contributed by atoms with Crippen molar-refractivity contribution in [3.05, 3.63) is 64.5 Å². The minimum atomic E-state index is -0.345. The summed E-state index contributed by atoms with van der Waals surface area (Å²) in [5.74, 6) is -0.150. The number of ketones is 1. The van der Waals surface area contributed by atoms with Crippen LogP contribution in [-0.4, -0.2) is 24.9 Å². The largest absolute Gasteiger partial charge is 0.350 e. The topological polar surface area (TPSA) is 69.3 Å². The van der Waals surface area contributed by atoms with E-state index in [-0.39, 0.29) is 18.0 Å². The molecule has 0 fully saturated rings. The van der Waals surface area contributed by atoms with Crippen LogP contribution in [0.5, 0.6) is 0 Å². The van der Waals surface area contributed by atoms with E-state index in [1.54, 1.807) is 12.1 Å². The van der Waals surface area contributed by atoms with Gasteiger partial charge in [0, 0.05) is 18.0 Å². The van der Waals surface area contributed by atoms with Crippen LogP contribution in [0.2, 0.25) is 0 Å². The van der Waals surface area contributed by atoms with Crippen molar-refractivity contribution < 1.29 is 4.79 Å². The molecule has 2 heterocycles. The van der Waals surface area contributed by atoms with Crippen molar-refractivity contribution in [3.8, 4) is 0 Å². The zero-order valence-corrected chi connectivity index (χ0v) is 10.9. The molecule has 0 saturated heterocycles. The summed E-state index contributed by atoms with van der Waals surface area (Å²) >= 11 is 0. The highest BCUT2D eigenvalue weighted by atomic mass is 16.2. The molecule has 0 N–H and O–H groups in total. The fraction of sp³-hybridized carbons (Fsp3) is 0.143. The Morgan fingerprint density at radius 3 is 2.70 bits per heavy atom. The van der Waals surface area contributed by atoms with E-state index in [0.717, 1.165) is 10.2 Å². The van der Waals surface area contributed by atoms with Gasteiger partial charge in [0.1, 0.15) is 6.54 Å². The van der Waals surface area contributed by atoms with Gasteiger partial charge in [0.25, 0.3) is 0 Å². The van der Waals surface area contributed by atoms with Crippen molar-refractivity contribution in [2.45, 2.75) is 13.5 Å². The molecule has 0 saturated carbocycles. The van der Waals surface area contributed by atoms with Crippen molar-refractivity contribution in [2.75, 3.05) is 0 Å². The van der Waals surface area contributed by atoms with Crippen LogP contribution in [0.15, 0.2) is 47.7 Å². The van der Waals surface area contributed by atoms with E-state index >= 15 is 0 Å². The average molecular weight is 268 g/mol. The van der Waals surface area contributed by atoms with E-state index in [1.807, 2.05) is 19.1 Å². The van der Waals surface area contributed by atoms with E-state index in [4.69, 9.17) is 0 Å². The predicted molar refractivity (Wildman–Crippen MR) is 72.8 cm³/mol. The monoisotopic (exact) mass is 268 g/mol. The molecule has 0 bridgehead atoms. The number of aromatic nitrogens is 4. The van der Waals surface area contributed by atoms with Gasteiger partial charge in [-0.3, -0.25) is 9.78 Å². The second kappa shape index (κ2) is 4.73. The molecule has 0 unspecified atom stereocenters. The summed E-state index contributed by atoms with van der Waals surface area (Å²) in [6, 6.07) is 7.23. The van der Waals surface area contributed by atoms with E-state index in [0.29, 0.717) is 11.2 Å². The molecule has 0 aliphatic carbocycles. The Balaban J connectivity index is 1.93. The summed E-state index contributed by atoms with van der Waals surface area (Å²) in [4.78, 5) is 28.1. The van der Waals surface area contributed by atoms with Crippen LogP contribution >= 0.6 is 0 Å². The molecule has 0 aliphatic rings. The van der Waals surface area contributed by atoms with Gasteiger partial charge >= 0.3 is 5.69 Å².